The molecule has 5 nitrogen and oxygen atoms in total. The van der Waals surface area contributed by atoms with Gasteiger partial charge < -0.3 is 4.74 Å². The van der Waals surface area contributed by atoms with Crippen LogP contribution in [-0.2, 0) is 9.53 Å². The molecule has 2 heterocycles. The summed E-state index contributed by atoms with van der Waals surface area (Å²) in [6.45, 7) is 3.82. The molecule has 6 rings (SSSR count). The number of benzene rings is 4. The van der Waals surface area contributed by atoms with E-state index in [0.29, 0.717) is 20.6 Å². The predicted molar refractivity (Wildman–Crippen MR) is 148 cm³/mol. The van der Waals surface area contributed by atoms with Crippen molar-refractivity contribution in [1.29, 1.82) is 0 Å². The Morgan fingerprint density at radius 3 is 2.24 bits per heavy atom. The van der Waals surface area contributed by atoms with Crippen molar-refractivity contribution in [3.8, 4) is 0 Å². The van der Waals surface area contributed by atoms with Crippen molar-refractivity contribution >= 4 is 44.9 Å². The number of carbonyl (C=O) groups excluding carboxylic acids is 1. The van der Waals surface area contributed by atoms with Crippen LogP contribution in [0.1, 0.15) is 31.0 Å². The fourth-order valence-corrected chi connectivity index (χ4v) is 6.11. The van der Waals surface area contributed by atoms with Crippen LogP contribution in [0.3, 0.4) is 0 Å². The Kier molecular flexibility index (Phi) is 5.81. The van der Waals surface area contributed by atoms with Gasteiger partial charge in [0.1, 0.15) is 0 Å². The summed E-state index contributed by atoms with van der Waals surface area (Å²) in [6.07, 6.45) is 1.97. The number of nitrogens with zero attached hydrogens (tertiary/aromatic N) is 2. The molecular weight excluding hydrogens is 480 g/mol. The molecule has 1 atom stereocenters. The van der Waals surface area contributed by atoms with E-state index in [0.717, 1.165) is 32.7 Å². The normalized spacial score (nSPS) is 15.6. The molecular formula is C31H24N2O3S. The number of allylic oxidation sites excluding steroid dienone is 1. The largest absolute Gasteiger partial charge is 0.463 e. The topological polar surface area (TPSA) is 60.7 Å². The van der Waals surface area contributed by atoms with Crippen molar-refractivity contribution in [2.24, 2.45) is 4.99 Å². The highest BCUT2D eigenvalue weighted by Gasteiger charge is 2.33. The van der Waals surface area contributed by atoms with E-state index in [9.17, 15) is 9.59 Å². The van der Waals surface area contributed by atoms with E-state index < -0.39 is 12.0 Å². The second-order valence-corrected chi connectivity index (χ2v) is 9.95. The van der Waals surface area contributed by atoms with Gasteiger partial charge in [-0.15, -0.1) is 0 Å². The molecule has 182 valence electrons. The van der Waals surface area contributed by atoms with Crippen molar-refractivity contribution in [2.75, 3.05) is 6.61 Å². The molecule has 0 fully saturated rings. The number of hydrogen-bond acceptors (Lipinski definition) is 5. The maximum atomic E-state index is 14.0. The SMILES string of the molecule is CCOC(=O)C1=C(C)N=c2s/c(=C\c3c4ccccc4cc4ccccc34)c(=O)n2[C@H]1c1ccccc1. The van der Waals surface area contributed by atoms with E-state index in [1.807, 2.05) is 60.7 Å². The summed E-state index contributed by atoms with van der Waals surface area (Å²) in [7, 11) is 0. The van der Waals surface area contributed by atoms with Gasteiger partial charge in [-0.1, -0.05) is 90.2 Å². The Morgan fingerprint density at radius 2 is 1.59 bits per heavy atom. The lowest BCUT2D eigenvalue weighted by Crippen LogP contribution is -2.39. The third kappa shape index (κ3) is 3.90. The first-order valence-electron chi connectivity index (χ1n) is 12.2. The van der Waals surface area contributed by atoms with Crippen LogP contribution in [0.2, 0.25) is 0 Å². The average Bonchev–Trinajstić information content (AvgIpc) is 3.22. The van der Waals surface area contributed by atoms with Crippen molar-refractivity contribution < 1.29 is 9.53 Å². The quantitative estimate of drug-likeness (QED) is 0.253. The van der Waals surface area contributed by atoms with Gasteiger partial charge in [-0.3, -0.25) is 9.36 Å². The van der Waals surface area contributed by atoms with Crippen LogP contribution in [-0.4, -0.2) is 17.1 Å². The summed E-state index contributed by atoms with van der Waals surface area (Å²) in [5, 5.41) is 4.38. The molecule has 0 saturated carbocycles. The van der Waals surface area contributed by atoms with E-state index in [2.05, 4.69) is 30.3 Å². The number of rotatable bonds is 4. The van der Waals surface area contributed by atoms with E-state index in [1.165, 1.54) is 11.3 Å². The van der Waals surface area contributed by atoms with E-state index >= 15 is 0 Å². The van der Waals surface area contributed by atoms with Gasteiger partial charge in [0, 0.05) is 0 Å². The molecule has 1 aliphatic rings. The molecule has 0 unspecified atom stereocenters. The van der Waals surface area contributed by atoms with E-state index in [4.69, 9.17) is 9.73 Å². The Bertz CT molecular complexity index is 1840. The number of hydrogen-bond donors (Lipinski definition) is 0. The van der Waals surface area contributed by atoms with Gasteiger partial charge in [-0.2, -0.15) is 0 Å². The Balaban J connectivity index is 1.64. The van der Waals surface area contributed by atoms with Gasteiger partial charge in [-0.05, 0) is 58.7 Å². The van der Waals surface area contributed by atoms with Gasteiger partial charge in [0.2, 0.25) is 0 Å². The first-order valence-corrected chi connectivity index (χ1v) is 13.0. The summed E-state index contributed by atoms with van der Waals surface area (Å²) in [6, 6.07) is 27.6. The lowest BCUT2D eigenvalue weighted by Gasteiger charge is -2.24. The van der Waals surface area contributed by atoms with Crippen LogP contribution in [0.25, 0.3) is 27.6 Å². The van der Waals surface area contributed by atoms with Gasteiger partial charge >= 0.3 is 5.97 Å². The second kappa shape index (κ2) is 9.30. The summed E-state index contributed by atoms with van der Waals surface area (Å²) in [5.41, 5.74) is 2.61. The van der Waals surface area contributed by atoms with Gasteiger partial charge in [0.05, 0.1) is 28.5 Å². The lowest BCUT2D eigenvalue weighted by molar-refractivity contribution is -0.139. The van der Waals surface area contributed by atoms with Gasteiger partial charge in [0.25, 0.3) is 5.56 Å². The van der Waals surface area contributed by atoms with Crippen LogP contribution in [0.5, 0.6) is 0 Å². The number of thiazole rings is 1. The van der Waals surface area contributed by atoms with Crippen LogP contribution in [0.15, 0.2) is 106 Å². The van der Waals surface area contributed by atoms with Crippen LogP contribution in [0, 0.1) is 0 Å². The highest BCUT2D eigenvalue weighted by Crippen LogP contribution is 2.31. The molecule has 1 aliphatic heterocycles. The maximum absolute atomic E-state index is 14.0. The second-order valence-electron chi connectivity index (χ2n) is 8.95. The fraction of sp³-hybridized carbons (Fsp3) is 0.129. The molecule has 5 aromatic rings. The summed E-state index contributed by atoms with van der Waals surface area (Å²) in [5.74, 6) is -0.452. The number of carbonyl (C=O) groups is 1. The number of esters is 1. The zero-order valence-corrected chi connectivity index (χ0v) is 21.3. The third-order valence-electron chi connectivity index (χ3n) is 6.72. The maximum Gasteiger partial charge on any atom is 0.338 e. The minimum atomic E-state index is -0.608. The summed E-state index contributed by atoms with van der Waals surface area (Å²) in [4.78, 5) is 32.3. The Labute approximate surface area is 217 Å². The fourth-order valence-electron chi connectivity index (χ4n) is 5.08. The van der Waals surface area contributed by atoms with E-state index in [-0.39, 0.29) is 12.2 Å². The standard InChI is InChI=1S/C31H24N2O3S/c1-3-36-30(35)27-19(2)32-31-33(28(27)20-11-5-4-6-12-20)29(34)26(37-31)18-25-23-15-9-7-13-21(23)17-22-14-8-10-16-24(22)25/h4-18,28H,3H2,1-2H3/b26-18-/t28-/m0/s1. The minimum absolute atomic E-state index is 0.177. The predicted octanol–water partition coefficient (Wildman–Crippen LogP) is 5.10. The Morgan fingerprint density at radius 1 is 0.973 bits per heavy atom. The molecule has 4 aromatic carbocycles. The summed E-state index contributed by atoms with van der Waals surface area (Å²) < 4.78 is 7.59. The Hall–Kier alpha value is -4.29. The first-order chi connectivity index (χ1) is 18.1. The first kappa shape index (κ1) is 23.1. The van der Waals surface area contributed by atoms with Gasteiger partial charge in [0.15, 0.2) is 4.80 Å². The monoisotopic (exact) mass is 504 g/mol. The van der Waals surface area contributed by atoms with Crippen molar-refractivity contribution in [3.63, 3.8) is 0 Å². The zero-order chi connectivity index (χ0) is 25.5. The molecule has 0 N–H and O–H groups in total. The van der Waals surface area contributed by atoms with E-state index in [1.54, 1.807) is 18.4 Å². The molecule has 0 aliphatic carbocycles. The molecule has 37 heavy (non-hydrogen) atoms. The van der Waals surface area contributed by atoms with Crippen molar-refractivity contribution in [2.45, 2.75) is 19.9 Å². The number of ether oxygens (including phenoxy) is 1. The molecule has 0 amide bonds. The average molecular weight is 505 g/mol. The lowest BCUT2D eigenvalue weighted by atomic mass is 9.96. The van der Waals surface area contributed by atoms with Crippen LogP contribution < -0.4 is 14.9 Å². The third-order valence-corrected chi connectivity index (χ3v) is 7.70. The number of aromatic nitrogens is 1. The van der Waals surface area contributed by atoms with Crippen molar-refractivity contribution in [1.82, 2.24) is 4.57 Å². The molecule has 0 saturated heterocycles. The zero-order valence-electron chi connectivity index (χ0n) is 20.5. The highest BCUT2D eigenvalue weighted by atomic mass is 32.1. The van der Waals surface area contributed by atoms with Gasteiger partial charge in [-0.25, -0.2) is 9.79 Å². The highest BCUT2D eigenvalue weighted by molar-refractivity contribution is 7.07. The van der Waals surface area contributed by atoms with Crippen LogP contribution >= 0.6 is 11.3 Å². The smallest absolute Gasteiger partial charge is 0.338 e. The van der Waals surface area contributed by atoms with Crippen LogP contribution in [0.4, 0.5) is 0 Å². The summed E-state index contributed by atoms with van der Waals surface area (Å²) >= 11 is 1.35. The number of fused-ring (bicyclic) bond motifs is 3. The van der Waals surface area contributed by atoms with Crippen molar-refractivity contribution in [3.05, 3.63) is 127 Å². The molecule has 6 heteroatoms. The molecule has 1 aromatic heterocycles. The minimum Gasteiger partial charge on any atom is -0.463 e. The molecule has 0 spiro atoms. The molecule has 0 radical (unpaired) electrons. The molecule has 0 bridgehead atoms.